The number of ether oxygens (including phenoxy) is 1. The number of hydrogen-bond donors (Lipinski definition) is 4. The lowest BCUT2D eigenvalue weighted by Gasteiger charge is -2.60. The number of allylic oxidation sites excluding steroid dienone is 2. The van der Waals surface area contributed by atoms with Crippen LogP contribution in [0.1, 0.15) is 81.1 Å². The SMILES string of the molecule is CC(C)[C@H](C)CC[C@@H](C)[C@H]1[C@H](O)C[C@@]2(O)C3=CC=C4C(C)(C)[C@]5(O)OC5C[C@]4(C)[C@H]3C(=O)[C@@H](O)[C@]12C. The molecule has 1 saturated heterocycles. The van der Waals surface area contributed by atoms with Gasteiger partial charge in [0.05, 0.1) is 17.6 Å². The predicted octanol–water partition coefficient (Wildman–Crippen LogP) is 3.76. The van der Waals surface area contributed by atoms with Gasteiger partial charge in [0.15, 0.2) is 5.78 Å². The van der Waals surface area contributed by atoms with Crippen LogP contribution in [-0.4, -0.2) is 55.9 Å². The van der Waals surface area contributed by atoms with Crippen LogP contribution in [0.4, 0.5) is 0 Å². The van der Waals surface area contributed by atoms with E-state index in [2.05, 4.69) is 27.7 Å². The summed E-state index contributed by atoms with van der Waals surface area (Å²) < 4.78 is 5.75. The monoisotopic (exact) mass is 502 g/mol. The van der Waals surface area contributed by atoms with Crippen LogP contribution < -0.4 is 0 Å². The number of aliphatic hydroxyl groups excluding tert-OH is 2. The lowest BCUT2D eigenvalue weighted by molar-refractivity contribution is -0.178. The highest BCUT2D eigenvalue weighted by Gasteiger charge is 2.78. The van der Waals surface area contributed by atoms with Gasteiger partial charge < -0.3 is 25.2 Å². The molecule has 5 aliphatic rings. The number of carbonyl (C=O) groups is 1. The van der Waals surface area contributed by atoms with Gasteiger partial charge >= 0.3 is 0 Å². The van der Waals surface area contributed by atoms with Gasteiger partial charge in [-0.3, -0.25) is 4.79 Å². The minimum atomic E-state index is -1.50. The summed E-state index contributed by atoms with van der Waals surface area (Å²) in [4.78, 5) is 14.1. The second-order valence-corrected chi connectivity index (χ2v) is 14.2. The second kappa shape index (κ2) is 7.75. The number of carbonyl (C=O) groups excluding carboxylic acids is 1. The molecule has 0 amide bonds. The van der Waals surface area contributed by atoms with Crippen molar-refractivity contribution in [3.8, 4) is 0 Å². The standard InChI is InChI=1S/C30H46O6/c1-15(2)16(3)9-10-17(4)22-19(31)13-29(34)18-11-12-20-26(5,6)30(35)21(36-30)14-27(20,7)23(18)24(32)25(33)28(22,29)8/h11-12,15-17,19,21-23,25,31,33-35H,9-10,13-14H2,1-8H3/t16-,17-,19-,21?,22+,23-,25-,27+,28+,29-,30-/m1/s1. The smallest absolute Gasteiger partial charge is 0.202 e. The molecule has 11 atom stereocenters. The topological polar surface area (TPSA) is 111 Å². The van der Waals surface area contributed by atoms with E-state index >= 15 is 0 Å². The van der Waals surface area contributed by atoms with E-state index in [4.69, 9.17) is 4.74 Å². The van der Waals surface area contributed by atoms with Crippen LogP contribution in [0.15, 0.2) is 23.3 Å². The van der Waals surface area contributed by atoms with E-state index in [1.807, 2.05) is 39.8 Å². The lowest BCUT2D eigenvalue weighted by atomic mass is 9.44. The average Bonchev–Trinajstić information content (AvgIpc) is 3.38. The van der Waals surface area contributed by atoms with Crippen molar-refractivity contribution >= 4 is 5.78 Å². The average molecular weight is 503 g/mol. The van der Waals surface area contributed by atoms with Crippen LogP contribution in [0.2, 0.25) is 0 Å². The van der Waals surface area contributed by atoms with Crippen molar-refractivity contribution in [2.75, 3.05) is 0 Å². The van der Waals surface area contributed by atoms with Gasteiger partial charge in [0.1, 0.15) is 12.2 Å². The van der Waals surface area contributed by atoms with Crippen molar-refractivity contribution in [1.82, 2.24) is 0 Å². The maximum Gasteiger partial charge on any atom is 0.202 e. The van der Waals surface area contributed by atoms with E-state index < -0.39 is 51.7 Å². The molecule has 4 N–H and O–H groups in total. The fourth-order valence-corrected chi connectivity index (χ4v) is 9.07. The van der Waals surface area contributed by atoms with Crippen molar-refractivity contribution in [3.63, 3.8) is 0 Å². The van der Waals surface area contributed by atoms with E-state index in [1.165, 1.54) is 0 Å². The summed E-state index contributed by atoms with van der Waals surface area (Å²) in [5.74, 6) is -1.53. The molecule has 1 unspecified atom stereocenters. The summed E-state index contributed by atoms with van der Waals surface area (Å²) in [6, 6.07) is 0. The molecule has 0 spiro atoms. The summed E-state index contributed by atoms with van der Waals surface area (Å²) in [6.45, 7) is 16.4. The van der Waals surface area contributed by atoms with Gasteiger partial charge in [0.25, 0.3) is 0 Å². The number of ketones is 1. The Balaban J connectivity index is 1.56. The molecule has 0 radical (unpaired) electrons. The van der Waals surface area contributed by atoms with E-state index in [0.717, 1.165) is 18.4 Å². The van der Waals surface area contributed by atoms with Gasteiger partial charge in [0.2, 0.25) is 5.79 Å². The van der Waals surface area contributed by atoms with Crippen LogP contribution in [-0.2, 0) is 9.53 Å². The first-order chi connectivity index (χ1) is 16.5. The second-order valence-electron chi connectivity index (χ2n) is 14.2. The molecular formula is C30H46O6. The Morgan fingerprint density at radius 3 is 2.25 bits per heavy atom. The maximum absolute atomic E-state index is 14.1. The molecule has 1 aliphatic heterocycles. The molecule has 3 saturated carbocycles. The molecule has 6 nitrogen and oxygen atoms in total. The Morgan fingerprint density at radius 2 is 1.64 bits per heavy atom. The molecule has 1 heterocycles. The molecule has 6 heteroatoms. The third-order valence-electron chi connectivity index (χ3n) is 11.8. The van der Waals surface area contributed by atoms with Crippen molar-refractivity contribution in [1.29, 1.82) is 0 Å². The van der Waals surface area contributed by atoms with Crippen molar-refractivity contribution in [2.45, 2.75) is 111 Å². The molecule has 202 valence electrons. The van der Waals surface area contributed by atoms with Crippen molar-refractivity contribution in [2.24, 2.45) is 45.8 Å². The van der Waals surface area contributed by atoms with Gasteiger partial charge in [-0.25, -0.2) is 0 Å². The zero-order valence-corrected chi connectivity index (χ0v) is 23.2. The Labute approximate surface area is 215 Å². The van der Waals surface area contributed by atoms with Gasteiger partial charge in [-0.15, -0.1) is 0 Å². The van der Waals surface area contributed by atoms with Gasteiger partial charge in [-0.05, 0) is 35.7 Å². The van der Waals surface area contributed by atoms with Crippen LogP contribution in [0.3, 0.4) is 0 Å². The number of fused-ring (bicyclic) bond motifs is 6. The first-order valence-electron chi connectivity index (χ1n) is 13.9. The Hall–Kier alpha value is -1.05. The summed E-state index contributed by atoms with van der Waals surface area (Å²) in [5.41, 5.74) is -2.57. The first-order valence-corrected chi connectivity index (χ1v) is 13.9. The Bertz CT molecular complexity index is 1030. The molecule has 5 rings (SSSR count). The predicted molar refractivity (Wildman–Crippen MR) is 137 cm³/mol. The number of epoxide rings is 1. The van der Waals surface area contributed by atoms with Gasteiger partial charge in [-0.1, -0.05) is 86.0 Å². The van der Waals surface area contributed by atoms with Crippen LogP contribution in [0.25, 0.3) is 0 Å². The molecule has 4 fully saturated rings. The molecule has 4 aliphatic carbocycles. The maximum atomic E-state index is 14.1. The minimum Gasteiger partial charge on any atom is -0.393 e. The number of aliphatic hydroxyl groups is 4. The summed E-state index contributed by atoms with van der Waals surface area (Å²) in [7, 11) is 0. The summed E-state index contributed by atoms with van der Waals surface area (Å²) in [5, 5.41) is 46.6. The third-order valence-corrected chi connectivity index (χ3v) is 11.8. The molecular weight excluding hydrogens is 456 g/mol. The van der Waals surface area contributed by atoms with E-state index in [-0.39, 0.29) is 24.2 Å². The highest BCUT2D eigenvalue weighted by molar-refractivity contribution is 5.93. The highest BCUT2D eigenvalue weighted by Crippen LogP contribution is 2.72. The summed E-state index contributed by atoms with van der Waals surface area (Å²) >= 11 is 0. The number of rotatable bonds is 5. The molecule has 36 heavy (non-hydrogen) atoms. The van der Waals surface area contributed by atoms with E-state index in [0.29, 0.717) is 23.8 Å². The van der Waals surface area contributed by atoms with Crippen LogP contribution >= 0.6 is 0 Å². The number of hydrogen-bond acceptors (Lipinski definition) is 6. The first kappa shape index (κ1) is 26.6. The highest BCUT2D eigenvalue weighted by atomic mass is 16.7. The molecule has 0 bridgehead atoms. The third kappa shape index (κ3) is 3.00. The summed E-state index contributed by atoms with van der Waals surface area (Å²) in [6.07, 6.45) is 3.63. The van der Waals surface area contributed by atoms with Gasteiger partial charge in [0, 0.05) is 22.7 Å². The normalized spacial score (nSPS) is 50.4. The molecule has 0 aromatic carbocycles. The number of Topliss-reactive ketones (excluding diaryl/α,β-unsaturated/α-hetero) is 1. The fourth-order valence-electron chi connectivity index (χ4n) is 9.07. The lowest BCUT2D eigenvalue weighted by Crippen LogP contribution is -2.67. The largest absolute Gasteiger partial charge is 0.393 e. The van der Waals surface area contributed by atoms with Gasteiger partial charge in [-0.2, -0.15) is 0 Å². The Kier molecular flexibility index (Phi) is 5.72. The fraction of sp³-hybridized carbons (Fsp3) is 0.833. The van der Waals surface area contributed by atoms with Crippen LogP contribution in [0.5, 0.6) is 0 Å². The van der Waals surface area contributed by atoms with E-state index in [1.54, 1.807) is 0 Å². The molecule has 0 aromatic heterocycles. The molecule has 0 aromatic rings. The zero-order valence-electron chi connectivity index (χ0n) is 23.2. The van der Waals surface area contributed by atoms with Crippen LogP contribution in [0, 0.1) is 45.8 Å². The Morgan fingerprint density at radius 1 is 1.00 bits per heavy atom. The van der Waals surface area contributed by atoms with Crippen molar-refractivity contribution in [3.05, 3.63) is 23.3 Å². The van der Waals surface area contributed by atoms with Crippen molar-refractivity contribution < 1.29 is 30.0 Å². The van der Waals surface area contributed by atoms with E-state index in [9.17, 15) is 25.2 Å². The zero-order chi connectivity index (χ0) is 26.8. The minimum absolute atomic E-state index is 0.0357. The quantitative estimate of drug-likeness (QED) is 0.426.